The van der Waals surface area contributed by atoms with Gasteiger partial charge in [-0.1, -0.05) is 32.1 Å². The molecule has 1 aliphatic heterocycles. The molecule has 0 amide bonds. The summed E-state index contributed by atoms with van der Waals surface area (Å²) in [6, 6.07) is 0. The van der Waals surface area contributed by atoms with E-state index in [2.05, 4.69) is 35.9 Å². The van der Waals surface area contributed by atoms with Gasteiger partial charge in [0.1, 0.15) is 5.01 Å². The maximum absolute atomic E-state index is 9.72. The smallest absolute Gasteiger partial charge is 0.208 e. The van der Waals surface area contributed by atoms with Crippen molar-refractivity contribution in [2.24, 2.45) is 5.92 Å². The molecule has 0 bridgehead atoms. The van der Waals surface area contributed by atoms with Crippen LogP contribution in [0.4, 0.5) is 5.13 Å². The number of hydrogen-bond donors (Lipinski definition) is 1. The Morgan fingerprint density at radius 2 is 2.11 bits per heavy atom. The van der Waals surface area contributed by atoms with Crippen molar-refractivity contribution < 1.29 is 5.11 Å². The topological polar surface area (TPSA) is 49.2 Å². The monoisotopic (exact) mass is 269 g/mol. The van der Waals surface area contributed by atoms with Gasteiger partial charge in [0.2, 0.25) is 5.13 Å². The lowest BCUT2D eigenvalue weighted by Gasteiger charge is -2.33. The average molecular weight is 269 g/mol. The lowest BCUT2D eigenvalue weighted by atomic mass is 9.94. The van der Waals surface area contributed by atoms with E-state index in [0.717, 1.165) is 36.1 Å². The number of rotatable bonds is 2. The Morgan fingerprint density at radius 1 is 1.39 bits per heavy atom. The van der Waals surface area contributed by atoms with E-state index < -0.39 is 0 Å². The van der Waals surface area contributed by atoms with Gasteiger partial charge < -0.3 is 10.0 Å². The van der Waals surface area contributed by atoms with Crippen molar-refractivity contribution in [1.29, 1.82) is 0 Å². The fourth-order valence-electron chi connectivity index (χ4n) is 2.22. The molecule has 1 aromatic rings. The molecule has 5 heteroatoms. The minimum Gasteiger partial charge on any atom is -0.393 e. The number of piperidine rings is 1. The van der Waals surface area contributed by atoms with Gasteiger partial charge in [-0.25, -0.2) is 0 Å². The summed E-state index contributed by atoms with van der Waals surface area (Å²) in [6.07, 6.45) is 2.00. The summed E-state index contributed by atoms with van der Waals surface area (Å²) in [5.74, 6) is 0.362. The summed E-state index contributed by atoms with van der Waals surface area (Å²) in [7, 11) is 0. The summed E-state index contributed by atoms with van der Waals surface area (Å²) in [6.45, 7) is 10.3. The molecule has 1 fully saturated rings. The third-order valence-corrected chi connectivity index (χ3v) is 4.88. The van der Waals surface area contributed by atoms with Crippen molar-refractivity contribution in [2.75, 3.05) is 18.0 Å². The van der Waals surface area contributed by atoms with Crippen LogP contribution in [-0.2, 0) is 5.41 Å². The van der Waals surface area contributed by atoms with Crippen LogP contribution in [0.3, 0.4) is 0 Å². The first kappa shape index (κ1) is 13.7. The predicted octanol–water partition coefficient (Wildman–Crippen LogP) is 2.43. The number of anilines is 1. The maximum atomic E-state index is 9.72. The molecule has 102 valence electrons. The van der Waals surface area contributed by atoms with Crippen molar-refractivity contribution in [1.82, 2.24) is 10.2 Å². The second-order valence-corrected chi connectivity index (χ2v) is 7.18. The van der Waals surface area contributed by atoms with Gasteiger partial charge in [0.15, 0.2) is 0 Å². The third kappa shape index (κ3) is 3.01. The zero-order valence-corrected chi connectivity index (χ0v) is 12.5. The lowest BCUT2D eigenvalue weighted by Crippen LogP contribution is -2.39. The van der Waals surface area contributed by atoms with E-state index in [1.165, 1.54) is 0 Å². The van der Waals surface area contributed by atoms with Crippen molar-refractivity contribution in [3.05, 3.63) is 5.01 Å². The van der Waals surface area contributed by atoms with Crippen LogP contribution in [0.25, 0.3) is 0 Å². The van der Waals surface area contributed by atoms with E-state index >= 15 is 0 Å². The Morgan fingerprint density at radius 3 is 2.67 bits per heavy atom. The molecule has 2 heterocycles. The fourth-order valence-corrected chi connectivity index (χ4v) is 3.16. The molecule has 0 saturated carbocycles. The largest absolute Gasteiger partial charge is 0.393 e. The van der Waals surface area contributed by atoms with Crippen LogP contribution in [0.5, 0.6) is 0 Å². The van der Waals surface area contributed by atoms with Gasteiger partial charge in [-0.05, 0) is 19.8 Å². The van der Waals surface area contributed by atoms with Gasteiger partial charge in [-0.3, -0.25) is 0 Å². The van der Waals surface area contributed by atoms with Crippen molar-refractivity contribution in [3.8, 4) is 0 Å². The second kappa shape index (κ2) is 5.13. The molecular formula is C13H23N3OS. The molecule has 2 rings (SSSR count). The van der Waals surface area contributed by atoms with Crippen LogP contribution < -0.4 is 4.90 Å². The van der Waals surface area contributed by atoms with Crippen molar-refractivity contribution in [2.45, 2.75) is 52.1 Å². The van der Waals surface area contributed by atoms with Gasteiger partial charge >= 0.3 is 0 Å². The van der Waals surface area contributed by atoms with Gasteiger partial charge in [0.25, 0.3) is 0 Å². The summed E-state index contributed by atoms with van der Waals surface area (Å²) < 4.78 is 0. The van der Waals surface area contributed by atoms with Crippen LogP contribution in [0, 0.1) is 5.92 Å². The molecule has 1 saturated heterocycles. The molecule has 2 unspecified atom stereocenters. The number of aromatic nitrogens is 2. The standard InChI is InChI=1S/C13H23N3OS/c1-9(17)10-6-5-7-16(8-10)12-15-14-11(18-12)13(2,3)4/h9-10,17H,5-8H2,1-4H3. The second-order valence-electron chi connectivity index (χ2n) is 6.23. The Balaban J connectivity index is 2.09. The zero-order valence-electron chi connectivity index (χ0n) is 11.7. The van der Waals surface area contributed by atoms with Crippen molar-refractivity contribution >= 4 is 16.5 Å². The van der Waals surface area contributed by atoms with Crippen LogP contribution >= 0.6 is 11.3 Å². The minimum absolute atomic E-state index is 0.0649. The van der Waals surface area contributed by atoms with E-state index in [0.29, 0.717) is 5.92 Å². The third-order valence-electron chi connectivity index (χ3n) is 3.47. The molecule has 2 atom stereocenters. The van der Waals surface area contributed by atoms with Crippen LogP contribution in [0.1, 0.15) is 45.5 Å². The SMILES string of the molecule is CC(O)C1CCCN(c2nnc(C(C)(C)C)s2)C1. The average Bonchev–Trinajstić information content (AvgIpc) is 2.78. The summed E-state index contributed by atoms with van der Waals surface area (Å²) in [5, 5.41) is 20.4. The van der Waals surface area contributed by atoms with Crippen LogP contribution in [0.2, 0.25) is 0 Å². The molecular weight excluding hydrogens is 246 g/mol. The minimum atomic E-state index is -0.234. The van der Waals surface area contributed by atoms with Gasteiger partial charge in [0, 0.05) is 24.4 Å². The van der Waals surface area contributed by atoms with E-state index in [1.54, 1.807) is 11.3 Å². The highest BCUT2D eigenvalue weighted by Crippen LogP contribution is 2.32. The van der Waals surface area contributed by atoms with Crippen molar-refractivity contribution in [3.63, 3.8) is 0 Å². The van der Waals surface area contributed by atoms with E-state index in [-0.39, 0.29) is 11.5 Å². The molecule has 4 nitrogen and oxygen atoms in total. The van der Waals surface area contributed by atoms with E-state index in [1.807, 2.05) is 6.92 Å². The van der Waals surface area contributed by atoms with E-state index in [9.17, 15) is 5.11 Å². The molecule has 0 aromatic carbocycles. The molecule has 0 aliphatic carbocycles. The Hall–Kier alpha value is -0.680. The number of hydrogen-bond acceptors (Lipinski definition) is 5. The Bertz CT molecular complexity index is 397. The first-order valence-electron chi connectivity index (χ1n) is 6.65. The number of aliphatic hydroxyl groups excluding tert-OH is 1. The van der Waals surface area contributed by atoms with Gasteiger partial charge in [-0.2, -0.15) is 0 Å². The van der Waals surface area contributed by atoms with Crippen LogP contribution in [0.15, 0.2) is 0 Å². The summed E-state index contributed by atoms with van der Waals surface area (Å²) >= 11 is 1.68. The normalized spacial score (nSPS) is 23.2. The Labute approximate surface area is 113 Å². The summed E-state index contributed by atoms with van der Waals surface area (Å²) in [5.41, 5.74) is 0.0649. The molecule has 1 N–H and O–H groups in total. The van der Waals surface area contributed by atoms with Gasteiger partial charge in [-0.15, -0.1) is 10.2 Å². The molecule has 0 radical (unpaired) electrons. The Kier molecular flexibility index (Phi) is 3.92. The fraction of sp³-hybridized carbons (Fsp3) is 0.846. The molecule has 0 spiro atoms. The van der Waals surface area contributed by atoms with E-state index in [4.69, 9.17) is 0 Å². The lowest BCUT2D eigenvalue weighted by molar-refractivity contribution is 0.115. The first-order valence-corrected chi connectivity index (χ1v) is 7.46. The summed E-state index contributed by atoms with van der Waals surface area (Å²) in [4.78, 5) is 2.27. The molecule has 1 aliphatic rings. The number of aliphatic hydroxyl groups is 1. The quantitative estimate of drug-likeness (QED) is 0.896. The number of nitrogens with zero attached hydrogens (tertiary/aromatic N) is 3. The highest BCUT2D eigenvalue weighted by atomic mass is 32.1. The maximum Gasteiger partial charge on any atom is 0.208 e. The highest BCUT2D eigenvalue weighted by Gasteiger charge is 2.27. The molecule has 1 aromatic heterocycles. The molecule has 18 heavy (non-hydrogen) atoms. The zero-order chi connectivity index (χ0) is 13.3. The van der Waals surface area contributed by atoms with Crippen LogP contribution in [-0.4, -0.2) is 34.5 Å². The predicted molar refractivity (Wildman–Crippen MR) is 75.2 cm³/mol. The van der Waals surface area contributed by atoms with Gasteiger partial charge in [0.05, 0.1) is 6.10 Å². The first-order chi connectivity index (χ1) is 8.38. The highest BCUT2D eigenvalue weighted by molar-refractivity contribution is 7.15.